The van der Waals surface area contributed by atoms with Crippen molar-refractivity contribution in [1.82, 2.24) is 10.0 Å². The van der Waals surface area contributed by atoms with Crippen LogP contribution in [0.3, 0.4) is 0 Å². The summed E-state index contributed by atoms with van der Waals surface area (Å²) in [5.74, 6) is 0.615. The molecule has 3 atom stereocenters. The van der Waals surface area contributed by atoms with Gasteiger partial charge in [-0.15, -0.1) is 0 Å². The van der Waals surface area contributed by atoms with Crippen LogP contribution in [0.25, 0.3) is 0 Å². The number of aliphatic hydroxyl groups excluding tert-OH is 1. The molecule has 27 heavy (non-hydrogen) atoms. The normalized spacial score (nSPS) is 21.6. The van der Waals surface area contributed by atoms with Gasteiger partial charge in [-0.2, -0.15) is 16.5 Å². The van der Waals surface area contributed by atoms with Crippen molar-refractivity contribution in [2.75, 3.05) is 18.6 Å². The Kier molecular flexibility index (Phi) is 8.60. The first-order valence-corrected chi connectivity index (χ1v) is 12.2. The maximum absolute atomic E-state index is 12.6. The van der Waals surface area contributed by atoms with E-state index in [0.717, 1.165) is 24.8 Å². The van der Waals surface area contributed by atoms with Gasteiger partial charge in [0.05, 0.1) is 11.0 Å². The Morgan fingerprint density at radius 1 is 1.30 bits per heavy atom. The number of carbonyl (C=O) groups excluding carboxylic acids is 1. The van der Waals surface area contributed by atoms with Crippen LogP contribution < -0.4 is 10.0 Å². The molecule has 0 bridgehead atoms. The molecular formula is C19H30N2O4S2. The summed E-state index contributed by atoms with van der Waals surface area (Å²) >= 11 is 1.57. The molecule has 0 radical (unpaired) electrons. The van der Waals surface area contributed by atoms with Gasteiger partial charge in [-0.1, -0.05) is 24.1 Å². The number of aryl methyl sites for hydroxylation is 1. The second kappa shape index (κ2) is 10.5. The summed E-state index contributed by atoms with van der Waals surface area (Å²) in [6.07, 6.45) is 5.48. The number of hydrogen-bond acceptors (Lipinski definition) is 5. The van der Waals surface area contributed by atoms with Crippen LogP contribution >= 0.6 is 11.8 Å². The molecule has 6 nitrogen and oxygen atoms in total. The van der Waals surface area contributed by atoms with Crippen molar-refractivity contribution in [3.8, 4) is 0 Å². The third-order valence-electron chi connectivity index (χ3n) is 4.88. The number of sulfonamides is 1. The van der Waals surface area contributed by atoms with E-state index in [9.17, 15) is 18.3 Å². The zero-order valence-corrected chi connectivity index (χ0v) is 17.6. The molecule has 2 rings (SSSR count). The molecule has 1 aromatic carbocycles. The van der Waals surface area contributed by atoms with E-state index in [4.69, 9.17) is 0 Å². The molecule has 0 unspecified atom stereocenters. The molecule has 8 heteroatoms. The predicted octanol–water partition coefficient (Wildman–Crippen LogP) is 2.06. The molecule has 0 spiro atoms. The van der Waals surface area contributed by atoms with Gasteiger partial charge in [-0.3, -0.25) is 4.79 Å². The van der Waals surface area contributed by atoms with Crippen LogP contribution in [0, 0.1) is 12.8 Å². The Morgan fingerprint density at radius 3 is 2.63 bits per heavy atom. The molecule has 152 valence electrons. The highest BCUT2D eigenvalue weighted by Crippen LogP contribution is 2.23. The predicted molar refractivity (Wildman–Crippen MR) is 109 cm³/mol. The van der Waals surface area contributed by atoms with E-state index >= 15 is 0 Å². The summed E-state index contributed by atoms with van der Waals surface area (Å²) in [4.78, 5) is 12.8. The maximum Gasteiger partial charge on any atom is 0.241 e. The van der Waals surface area contributed by atoms with Crippen LogP contribution in [0.5, 0.6) is 0 Å². The Bertz CT molecular complexity index is 707. The maximum atomic E-state index is 12.6. The van der Waals surface area contributed by atoms with Crippen LogP contribution in [0.4, 0.5) is 0 Å². The van der Waals surface area contributed by atoms with Crippen LogP contribution in [-0.4, -0.2) is 50.1 Å². The van der Waals surface area contributed by atoms with Gasteiger partial charge in [0.2, 0.25) is 15.9 Å². The number of rotatable bonds is 9. The Balaban J connectivity index is 2.00. The fourth-order valence-electron chi connectivity index (χ4n) is 3.27. The first-order chi connectivity index (χ1) is 12.8. The minimum absolute atomic E-state index is 0.158. The van der Waals surface area contributed by atoms with Crippen molar-refractivity contribution < 1.29 is 18.3 Å². The highest BCUT2D eigenvalue weighted by Gasteiger charge is 2.27. The van der Waals surface area contributed by atoms with Gasteiger partial charge in [0.15, 0.2) is 0 Å². The average Bonchev–Trinajstić information content (AvgIpc) is 2.63. The van der Waals surface area contributed by atoms with Gasteiger partial charge >= 0.3 is 0 Å². The second-order valence-corrected chi connectivity index (χ2v) is 9.90. The molecule has 1 amide bonds. The molecule has 0 aromatic heterocycles. The van der Waals surface area contributed by atoms with Crippen molar-refractivity contribution >= 4 is 27.7 Å². The van der Waals surface area contributed by atoms with Gasteiger partial charge in [0, 0.05) is 6.54 Å². The lowest BCUT2D eigenvalue weighted by Crippen LogP contribution is -2.48. The first-order valence-electron chi connectivity index (χ1n) is 9.35. The lowest BCUT2D eigenvalue weighted by molar-refractivity contribution is -0.123. The van der Waals surface area contributed by atoms with E-state index in [1.807, 2.05) is 13.2 Å². The summed E-state index contributed by atoms with van der Waals surface area (Å²) in [5, 5.41) is 12.6. The van der Waals surface area contributed by atoms with Crippen molar-refractivity contribution in [2.45, 2.75) is 56.1 Å². The third-order valence-corrected chi connectivity index (χ3v) is 7.01. The van der Waals surface area contributed by atoms with Crippen LogP contribution in [0.15, 0.2) is 29.2 Å². The number of nitrogens with one attached hydrogen (secondary N) is 2. The zero-order chi connectivity index (χ0) is 19.9. The monoisotopic (exact) mass is 414 g/mol. The quantitative estimate of drug-likeness (QED) is 0.575. The topological polar surface area (TPSA) is 95.5 Å². The standard InChI is InChI=1S/C19H30N2O4S2/c1-14-6-8-17(9-7-14)27(24,25)21-18(10-11-26-2)19(23)20-13-15-4-3-5-16(22)12-15/h6-9,15-16,18,21-22H,3-5,10-13H2,1-2H3,(H,20,23)/t15-,16-,18-/m0/s1. The van der Waals surface area contributed by atoms with E-state index in [2.05, 4.69) is 10.0 Å². The van der Waals surface area contributed by atoms with Gasteiger partial charge < -0.3 is 10.4 Å². The minimum atomic E-state index is -3.76. The Morgan fingerprint density at radius 2 is 2.00 bits per heavy atom. The molecular weight excluding hydrogens is 384 g/mol. The number of hydrogen-bond donors (Lipinski definition) is 3. The van der Waals surface area contributed by atoms with Crippen LogP contribution in [0.1, 0.15) is 37.7 Å². The molecule has 0 heterocycles. The number of amides is 1. The molecule has 1 fully saturated rings. The number of aliphatic hydroxyl groups is 1. The Hall–Kier alpha value is -1.09. The van der Waals surface area contributed by atoms with Gasteiger partial charge in [-0.05, 0) is 62.7 Å². The van der Waals surface area contributed by atoms with E-state index in [1.165, 1.54) is 0 Å². The average molecular weight is 415 g/mol. The van der Waals surface area contributed by atoms with Gasteiger partial charge in [0.25, 0.3) is 0 Å². The summed E-state index contributed by atoms with van der Waals surface area (Å²) < 4.78 is 27.8. The molecule has 1 aromatic rings. The van der Waals surface area contributed by atoms with Crippen molar-refractivity contribution in [3.63, 3.8) is 0 Å². The molecule has 1 aliphatic carbocycles. The third kappa shape index (κ3) is 7.10. The van der Waals surface area contributed by atoms with Crippen LogP contribution in [0.2, 0.25) is 0 Å². The minimum Gasteiger partial charge on any atom is -0.393 e. The van der Waals surface area contributed by atoms with E-state index < -0.39 is 16.1 Å². The van der Waals surface area contributed by atoms with E-state index in [1.54, 1.807) is 36.0 Å². The molecule has 0 aliphatic heterocycles. The highest BCUT2D eigenvalue weighted by molar-refractivity contribution is 7.98. The lowest BCUT2D eigenvalue weighted by atomic mass is 9.87. The highest BCUT2D eigenvalue weighted by atomic mass is 32.2. The fourth-order valence-corrected chi connectivity index (χ4v) is 4.97. The second-order valence-electron chi connectivity index (χ2n) is 7.20. The smallest absolute Gasteiger partial charge is 0.241 e. The van der Waals surface area contributed by atoms with Crippen LogP contribution in [-0.2, 0) is 14.8 Å². The molecule has 1 saturated carbocycles. The molecule has 1 aliphatic rings. The number of carbonyl (C=O) groups is 1. The number of benzene rings is 1. The summed E-state index contributed by atoms with van der Waals surface area (Å²) in [6.45, 7) is 2.36. The van der Waals surface area contributed by atoms with Gasteiger partial charge in [0.1, 0.15) is 6.04 Å². The first kappa shape index (κ1) is 22.2. The summed E-state index contributed by atoms with van der Waals surface area (Å²) in [7, 11) is -3.76. The fraction of sp³-hybridized carbons (Fsp3) is 0.632. The summed E-state index contributed by atoms with van der Waals surface area (Å²) in [5.41, 5.74) is 0.972. The number of thioether (sulfide) groups is 1. The Labute approximate surface area is 166 Å². The van der Waals surface area contributed by atoms with Crippen molar-refractivity contribution in [3.05, 3.63) is 29.8 Å². The van der Waals surface area contributed by atoms with Crippen molar-refractivity contribution in [1.29, 1.82) is 0 Å². The van der Waals surface area contributed by atoms with Gasteiger partial charge in [-0.25, -0.2) is 8.42 Å². The molecule has 0 saturated heterocycles. The SMILES string of the molecule is CSCC[C@H](NS(=O)(=O)c1ccc(C)cc1)C(=O)NC[C@H]1CCC[C@H](O)C1. The van der Waals surface area contributed by atoms with E-state index in [0.29, 0.717) is 25.1 Å². The van der Waals surface area contributed by atoms with Crippen molar-refractivity contribution in [2.24, 2.45) is 5.92 Å². The summed E-state index contributed by atoms with van der Waals surface area (Å²) in [6, 6.07) is 5.76. The molecule has 3 N–H and O–H groups in total. The lowest BCUT2D eigenvalue weighted by Gasteiger charge is -2.27. The van der Waals surface area contributed by atoms with E-state index in [-0.39, 0.29) is 22.8 Å². The largest absolute Gasteiger partial charge is 0.393 e. The zero-order valence-electron chi connectivity index (χ0n) is 16.0.